The predicted octanol–water partition coefficient (Wildman–Crippen LogP) is 1.23. The van der Waals surface area contributed by atoms with Gasteiger partial charge in [0.1, 0.15) is 12.2 Å². The van der Waals surface area contributed by atoms with Crippen LogP contribution in [0.1, 0.15) is 23.8 Å². The van der Waals surface area contributed by atoms with Crippen molar-refractivity contribution >= 4 is 23.2 Å². The van der Waals surface area contributed by atoms with Gasteiger partial charge < -0.3 is 10.4 Å². The molecule has 2 aromatic heterocycles. The molecule has 0 saturated heterocycles. The zero-order chi connectivity index (χ0) is 14.5. The van der Waals surface area contributed by atoms with Gasteiger partial charge in [-0.3, -0.25) is 4.79 Å². The highest BCUT2D eigenvalue weighted by Crippen LogP contribution is 2.26. The lowest BCUT2D eigenvalue weighted by Gasteiger charge is -2.06. The van der Waals surface area contributed by atoms with Crippen molar-refractivity contribution < 1.29 is 14.7 Å². The Hall–Kier alpha value is -2.22. The summed E-state index contributed by atoms with van der Waals surface area (Å²) in [6, 6.07) is 3.58. The maximum Gasteiger partial charge on any atom is 0.358 e. The molecule has 7 nitrogen and oxygen atoms in total. The highest BCUT2D eigenvalue weighted by molar-refractivity contribution is 7.13. The zero-order valence-corrected chi connectivity index (χ0v) is 11.7. The zero-order valence-electron chi connectivity index (χ0n) is 10.9. The van der Waals surface area contributed by atoms with Crippen molar-refractivity contribution in [2.24, 2.45) is 0 Å². The highest BCUT2D eigenvalue weighted by Gasteiger charge is 2.22. The van der Waals surface area contributed by atoms with E-state index < -0.39 is 5.97 Å². The van der Waals surface area contributed by atoms with Gasteiger partial charge in [-0.05, 0) is 17.9 Å². The van der Waals surface area contributed by atoms with Crippen molar-refractivity contribution in [3.63, 3.8) is 0 Å². The van der Waals surface area contributed by atoms with E-state index in [4.69, 9.17) is 5.11 Å². The molecule has 1 amide bonds. The molecule has 0 radical (unpaired) electrons. The number of thiophene rings is 1. The van der Waals surface area contributed by atoms with E-state index in [9.17, 15) is 9.59 Å². The molecule has 0 spiro atoms. The maximum atomic E-state index is 11.7. The van der Waals surface area contributed by atoms with Crippen LogP contribution in [-0.2, 0) is 11.3 Å². The molecule has 106 valence electrons. The van der Waals surface area contributed by atoms with Gasteiger partial charge in [-0.2, -0.15) is 0 Å². The molecular weight excluding hydrogens is 280 g/mol. The van der Waals surface area contributed by atoms with Gasteiger partial charge in [0.15, 0.2) is 5.69 Å². The number of carboxylic acids is 1. The molecule has 0 aliphatic heterocycles. The van der Waals surface area contributed by atoms with Crippen LogP contribution in [0.15, 0.2) is 17.5 Å². The van der Waals surface area contributed by atoms with E-state index in [2.05, 4.69) is 15.6 Å². The van der Waals surface area contributed by atoms with Gasteiger partial charge in [0.2, 0.25) is 5.91 Å². The first-order valence-electron chi connectivity index (χ1n) is 6.10. The molecule has 0 unspecified atom stereocenters. The molecule has 2 heterocycles. The molecule has 2 rings (SSSR count). The Labute approximate surface area is 119 Å². The average molecular weight is 294 g/mol. The van der Waals surface area contributed by atoms with Crippen LogP contribution >= 0.6 is 11.3 Å². The second-order valence-corrected chi connectivity index (χ2v) is 5.02. The predicted molar refractivity (Wildman–Crippen MR) is 73.6 cm³/mol. The minimum atomic E-state index is -1.16. The number of aromatic nitrogens is 3. The van der Waals surface area contributed by atoms with Crippen molar-refractivity contribution in [2.75, 3.05) is 6.54 Å². The summed E-state index contributed by atoms with van der Waals surface area (Å²) < 4.78 is 1.32. The van der Waals surface area contributed by atoms with Gasteiger partial charge in [0, 0.05) is 6.54 Å². The first-order valence-corrected chi connectivity index (χ1v) is 6.98. The lowest BCUT2D eigenvalue weighted by Crippen LogP contribution is -2.28. The van der Waals surface area contributed by atoms with Crippen molar-refractivity contribution in [1.82, 2.24) is 20.3 Å². The Bertz CT molecular complexity index is 606. The number of carbonyl (C=O) groups is 2. The molecule has 20 heavy (non-hydrogen) atoms. The standard InChI is InChI=1S/C12H14N4O3S/c1-2-5-13-9(17)7-16-11(8-4-3-6-20-8)10(12(18)19)14-15-16/h3-4,6H,2,5,7H2,1H3,(H,13,17)(H,18,19). The third-order valence-electron chi connectivity index (χ3n) is 2.56. The number of amides is 1. The molecule has 0 fully saturated rings. The summed E-state index contributed by atoms with van der Waals surface area (Å²) >= 11 is 1.38. The quantitative estimate of drug-likeness (QED) is 0.835. The summed E-state index contributed by atoms with van der Waals surface area (Å²) in [6.45, 7) is 2.48. The topological polar surface area (TPSA) is 97.1 Å². The van der Waals surface area contributed by atoms with Crippen molar-refractivity contribution in [1.29, 1.82) is 0 Å². The first kappa shape index (κ1) is 14.2. The fraction of sp³-hybridized carbons (Fsp3) is 0.333. The van der Waals surface area contributed by atoms with Crippen LogP contribution in [0.5, 0.6) is 0 Å². The van der Waals surface area contributed by atoms with E-state index >= 15 is 0 Å². The second-order valence-electron chi connectivity index (χ2n) is 4.08. The van der Waals surface area contributed by atoms with Gasteiger partial charge >= 0.3 is 5.97 Å². The Kier molecular flexibility index (Phi) is 4.46. The minimum absolute atomic E-state index is 0.0481. The number of rotatable bonds is 6. The fourth-order valence-corrected chi connectivity index (χ4v) is 2.46. The molecule has 0 aliphatic rings. The lowest BCUT2D eigenvalue weighted by molar-refractivity contribution is -0.121. The number of hydrogen-bond acceptors (Lipinski definition) is 5. The third kappa shape index (κ3) is 3.02. The van der Waals surface area contributed by atoms with Crippen LogP contribution in [0.2, 0.25) is 0 Å². The van der Waals surface area contributed by atoms with E-state index in [0.29, 0.717) is 12.2 Å². The Morgan fingerprint density at radius 1 is 1.50 bits per heavy atom. The molecule has 0 saturated carbocycles. The fourth-order valence-electron chi connectivity index (χ4n) is 1.68. The Morgan fingerprint density at radius 2 is 2.30 bits per heavy atom. The monoisotopic (exact) mass is 294 g/mol. The molecule has 0 atom stereocenters. The van der Waals surface area contributed by atoms with E-state index in [1.807, 2.05) is 12.3 Å². The SMILES string of the molecule is CCCNC(=O)Cn1nnc(C(=O)O)c1-c1cccs1. The summed E-state index contributed by atoms with van der Waals surface area (Å²) in [4.78, 5) is 23.6. The van der Waals surface area contributed by atoms with Crippen molar-refractivity contribution in [3.05, 3.63) is 23.2 Å². The Balaban J connectivity index is 2.30. The van der Waals surface area contributed by atoms with Gasteiger partial charge in [-0.1, -0.05) is 18.2 Å². The number of carboxylic acid groups (broad SMARTS) is 1. The molecule has 0 aliphatic carbocycles. The van der Waals surface area contributed by atoms with Gasteiger partial charge in [0.05, 0.1) is 4.88 Å². The summed E-state index contributed by atoms with van der Waals surface area (Å²) in [5, 5.41) is 21.1. The van der Waals surface area contributed by atoms with Crippen LogP contribution < -0.4 is 5.32 Å². The third-order valence-corrected chi connectivity index (χ3v) is 3.43. The summed E-state index contributed by atoms with van der Waals surface area (Å²) in [5.41, 5.74) is 0.217. The van der Waals surface area contributed by atoms with E-state index in [1.54, 1.807) is 12.1 Å². The summed E-state index contributed by atoms with van der Waals surface area (Å²) in [6.07, 6.45) is 0.835. The maximum absolute atomic E-state index is 11.7. The van der Waals surface area contributed by atoms with Crippen LogP contribution in [0.4, 0.5) is 0 Å². The lowest BCUT2D eigenvalue weighted by atomic mass is 10.2. The molecular formula is C12H14N4O3S. The van der Waals surface area contributed by atoms with Crippen LogP contribution in [0, 0.1) is 0 Å². The second kappa shape index (κ2) is 6.29. The van der Waals surface area contributed by atoms with E-state index in [-0.39, 0.29) is 18.1 Å². The number of nitrogens with zero attached hydrogens (tertiary/aromatic N) is 3. The van der Waals surface area contributed by atoms with E-state index in [0.717, 1.165) is 11.3 Å². The summed E-state index contributed by atoms with van der Waals surface area (Å²) in [5.74, 6) is -1.37. The smallest absolute Gasteiger partial charge is 0.358 e. The first-order chi connectivity index (χ1) is 9.63. The normalized spacial score (nSPS) is 10.4. The van der Waals surface area contributed by atoms with Crippen LogP contribution in [-0.4, -0.2) is 38.5 Å². The number of aromatic carboxylic acids is 1. The summed E-state index contributed by atoms with van der Waals surface area (Å²) in [7, 11) is 0. The number of nitrogens with one attached hydrogen (secondary N) is 1. The van der Waals surface area contributed by atoms with Gasteiger partial charge in [0.25, 0.3) is 0 Å². The molecule has 8 heteroatoms. The highest BCUT2D eigenvalue weighted by atomic mass is 32.1. The number of carbonyl (C=O) groups excluding carboxylic acids is 1. The van der Waals surface area contributed by atoms with Gasteiger partial charge in [-0.15, -0.1) is 16.4 Å². The van der Waals surface area contributed by atoms with Crippen LogP contribution in [0.3, 0.4) is 0 Å². The van der Waals surface area contributed by atoms with Crippen molar-refractivity contribution in [2.45, 2.75) is 19.9 Å². The molecule has 0 aromatic carbocycles. The number of hydrogen-bond donors (Lipinski definition) is 2. The van der Waals surface area contributed by atoms with Crippen molar-refractivity contribution in [3.8, 4) is 10.6 Å². The van der Waals surface area contributed by atoms with Gasteiger partial charge in [-0.25, -0.2) is 9.48 Å². The van der Waals surface area contributed by atoms with Crippen LogP contribution in [0.25, 0.3) is 10.6 Å². The average Bonchev–Trinajstić information content (AvgIpc) is 3.04. The molecule has 2 aromatic rings. The largest absolute Gasteiger partial charge is 0.476 e. The Morgan fingerprint density at radius 3 is 2.90 bits per heavy atom. The van der Waals surface area contributed by atoms with E-state index in [1.165, 1.54) is 16.0 Å². The molecule has 0 bridgehead atoms. The minimum Gasteiger partial charge on any atom is -0.476 e. The molecule has 2 N–H and O–H groups in total.